The number of aromatic nitrogens is 2. The third kappa shape index (κ3) is 5.59. The van der Waals surface area contributed by atoms with Crippen LogP contribution in [-0.4, -0.2) is 40.8 Å². The highest BCUT2D eigenvalue weighted by Crippen LogP contribution is 2.30. The molecule has 1 aromatic heterocycles. The summed E-state index contributed by atoms with van der Waals surface area (Å²) in [5.74, 6) is 1.25. The molecule has 0 bridgehead atoms. The van der Waals surface area contributed by atoms with Gasteiger partial charge in [0.05, 0.1) is 6.61 Å². The lowest BCUT2D eigenvalue weighted by Gasteiger charge is -2.22. The Morgan fingerprint density at radius 1 is 1.16 bits per heavy atom. The van der Waals surface area contributed by atoms with Crippen LogP contribution < -0.4 is 10.1 Å². The first-order chi connectivity index (χ1) is 15.2. The van der Waals surface area contributed by atoms with Crippen LogP contribution in [0.15, 0.2) is 59.1 Å². The van der Waals surface area contributed by atoms with Gasteiger partial charge < -0.3 is 19.5 Å². The summed E-state index contributed by atoms with van der Waals surface area (Å²) in [6.07, 6.45) is 2.92. The molecule has 0 radical (unpaired) electrons. The maximum atomic E-state index is 12.9. The van der Waals surface area contributed by atoms with Crippen LogP contribution in [-0.2, 0) is 12.8 Å². The molecule has 2 aromatic carbocycles. The number of carbonyl (C=O) groups is 1. The van der Waals surface area contributed by atoms with Crippen molar-refractivity contribution in [2.45, 2.75) is 31.7 Å². The molecule has 0 saturated carbocycles. The highest BCUT2D eigenvalue weighted by atomic mass is 19.1. The predicted octanol–water partition coefficient (Wildman–Crippen LogP) is 3.92. The summed E-state index contributed by atoms with van der Waals surface area (Å²) < 4.78 is 23.9. The summed E-state index contributed by atoms with van der Waals surface area (Å²) in [4.78, 5) is 18.9. The number of nitrogens with zero attached hydrogens (tertiary/aromatic N) is 3. The van der Waals surface area contributed by atoms with E-state index in [-0.39, 0.29) is 17.9 Å². The van der Waals surface area contributed by atoms with Crippen LogP contribution in [0.1, 0.15) is 36.2 Å². The molecule has 31 heavy (non-hydrogen) atoms. The number of nitrogens with one attached hydrogen (secondary N) is 1. The second-order valence-electron chi connectivity index (χ2n) is 7.42. The van der Waals surface area contributed by atoms with Crippen molar-refractivity contribution in [2.24, 2.45) is 0 Å². The van der Waals surface area contributed by atoms with Gasteiger partial charge in [-0.05, 0) is 49.1 Å². The van der Waals surface area contributed by atoms with Gasteiger partial charge >= 0.3 is 6.03 Å². The minimum Gasteiger partial charge on any atom is -0.493 e. The van der Waals surface area contributed by atoms with Gasteiger partial charge in [-0.2, -0.15) is 4.98 Å². The molecule has 162 valence electrons. The first kappa shape index (κ1) is 20.8. The fourth-order valence-electron chi connectivity index (χ4n) is 3.62. The van der Waals surface area contributed by atoms with E-state index < -0.39 is 0 Å². The molecule has 1 aliphatic rings. The summed E-state index contributed by atoms with van der Waals surface area (Å²) in [7, 11) is 0. The van der Waals surface area contributed by atoms with E-state index in [0.29, 0.717) is 43.6 Å². The quantitative estimate of drug-likeness (QED) is 0.593. The summed E-state index contributed by atoms with van der Waals surface area (Å²) in [5, 5.41) is 7.00. The van der Waals surface area contributed by atoms with Crippen molar-refractivity contribution >= 4 is 6.03 Å². The summed E-state index contributed by atoms with van der Waals surface area (Å²) in [5.41, 5.74) is 1.19. The first-order valence-corrected chi connectivity index (χ1v) is 10.5. The minimum atomic E-state index is -0.305. The van der Waals surface area contributed by atoms with Gasteiger partial charge in [-0.1, -0.05) is 35.5 Å². The SMILES string of the molecule is O=C(NCCc1ccccc1)N1CCCC1c1nc(CCOc2ccc(F)cc2)no1. The van der Waals surface area contributed by atoms with Gasteiger partial charge in [0.1, 0.15) is 17.6 Å². The standard InChI is InChI=1S/C23H25FN4O3/c24-18-8-10-19(11-9-18)30-16-13-21-26-22(31-27-21)20-7-4-15-28(20)23(29)25-14-12-17-5-2-1-3-6-17/h1-3,5-6,8-11,20H,4,7,12-16H2,(H,25,29). The molecule has 7 nitrogen and oxygen atoms in total. The number of ether oxygens (including phenoxy) is 1. The van der Waals surface area contributed by atoms with Gasteiger partial charge in [-0.25, -0.2) is 9.18 Å². The molecule has 1 saturated heterocycles. The Balaban J connectivity index is 1.26. The van der Waals surface area contributed by atoms with Gasteiger partial charge in [0, 0.05) is 19.5 Å². The lowest BCUT2D eigenvalue weighted by atomic mass is 10.1. The number of halogens is 1. The van der Waals surface area contributed by atoms with Crippen LogP contribution in [0.4, 0.5) is 9.18 Å². The second kappa shape index (κ2) is 10.1. The smallest absolute Gasteiger partial charge is 0.318 e. The molecule has 1 atom stereocenters. The molecule has 1 N–H and O–H groups in total. The number of rotatable bonds is 8. The molecule has 2 amide bonds. The number of hydrogen-bond acceptors (Lipinski definition) is 5. The van der Waals surface area contributed by atoms with Gasteiger partial charge in [-0.3, -0.25) is 0 Å². The van der Waals surface area contributed by atoms with Crippen molar-refractivity contribution in [3.8, 4) is 5.75 Å². The number of urea groups is 1. The van der Waals surface area contributed by atoms with E-state index in [0.717, 1.165) is 19.3 Å². The number of benzene rings is 2. The Hall–Kier alpha value is -3.42. The van der Waals surface area contributed by atoms with E-state index in [1.54, 1.807) is 17.0 Å². The van der Waals surface area contributed by atoms with E-state index in [1.807, 2.05) is 30.3 Å². The molecule has 1 unspecified atom stereocenters. The lowest BCUT2D eigenvalue weighted by Crippen LogP contribution is -2.40. The average Bonchev–Trinajstić information content (AvgIpc) is 3.45. The van der Waals surface area contributed by atoms with Crippen molar-refractivity contribution in [1.82, 2.24) is 20.4 Å². The first-order valence-electron chi connectivity index (χ1n) is 10.5. The predicted molar refractivity (Wildman–Crippen MR) is 112 cm³/mol. The largest absolute Gasteiger partial charge is 0.493 e. The van der Waals surface area contributed by atoms with Crippen LogP contribution in [0.2, 0.25) is 0 Å². The minimum absolute atomic E-state index is 0.113. The zero-order valence-corrected chi connectivity index (χ0v) is 17.2. The van der Waals surface area contributed by atoms with Crippen LogP contribution in [0, 0.1) is 5.82 Å². The van der Waals surface area contributed by atoms with Gasteiger partial charge in [0.2, 0.25) is 5.89 Å². The Morgan fingerprint density at radius 3 is 2.77 bits per heavy atom. The zero-order valence-electron chi connectivity index (χ0n) is 17.2. The van der Waals surface area contributed by atoms with Crippen molar-refractivity contribution in [3.63, 3.8) is 0 Å². The summed E-state index contributed by atoms with van der Waals surface area (Å²) in [6, 6.07) is 15.6. The summed E-state index contributed by atoms with van der Waals surface area (Å²) >= 11 is 0. The molecular weight excluding hydrogens is 399 g/mol. The Labute approximate surface area is 180 Å². The average molecular weight is 424 g/mol. The van der Waals surface area contributed by atoms with Gasteiger partial charge in [0.15, 0.2) is 5.82 Å². The molecule has 2 heterocycles. The number of amides is 2. The Kier molecular flexibility index (Phi) is 6.76. The maximum absolute atomic E-state index is 12.9. The second-order valence-corrected chi connectivity index (χ2v) is 7.42. The molecule has 0 spiro atoms. The maximum Gasteiger partial charge on any atom is 0.318 e. The molecule has 4 rings (SSSR count). The van der Waals surface area contributed by atoms with Crippen molar-refractivity contribution < 1.29 is 18.4 Å². The topological polar surface area (TPSA) is 80.5 Å². The highest BCUT2D eigenvalue weighted by molar-refractivity contribution is 5.74. The van der Waals surface area contributed by atoms with Gasteiger partial charge in [0.25, 0.3) is 0 Å². The Morgan fingerprint density at radius 2 is 1.97 bits per heavy atom. The molecule has 1 fully saturated rings. The zero-order chi connectivity index (χ0) is 21.5. The number of likely N-dealkylation sites (tertiary alicyclic amines) is 1. The van der Waals surface area contributed by atoms with Crippen LogP contribution in [0.3, 0.4) is 0 Å². The lowest BCUT2D eigenvalue weighted by molar-refractivity contribution is 0.180. The van der Waals surface area contributed by atoms with Crippen molar-refractivity contribution in [3.05, 3.63) is 77.7 Å². The molecule has 0 aliphatic carbocycles. The molecule has 1 aliphatic heterocycles. The van der Waals surface area contributed by atoms with E-state index in [2.05, 4.69) is 15.5 Å². The van der Waals surface area contributed by atoms with Crippen LogP contribution in [0.25, 0.3) is 0 Å². The fourth-order valence-corrected chi connectivity index (χ4v) is 3.62. The van der Waals surface area contributed by atoms with Crippen LogP contribution >= 0.6 is 0 Å². The molecule has 3 aromatic rings. The highest BCUT2D eigenvalue weighted by Gasteiger charge is 2.33. The van der Waals surface area contributed by atoms with E-state index >= 15 is 0 Å². The normalized spacial score (nSPS) is 15.8. The number of carbonyl (C=O) groups excluding carboxylic acids is 1. The molecule has 8 heteroatoms. The third-order valence-corrected chi connectivity index (χ3v) is 5.22. The fraction of sp³-hybridized carbons (Fsp3) is 0.348. The monoisotopic (exact) mass is 424 g/mol. The molecular formula is C23H25FN4O3. The van der Waals surface area contributed by atoms with Crippen LogP contribution in [0.5, 0.6) is 5.75 Å². The van der Waals surface area contributed by atoms with Gasteiger partial charge in [-0.15, -0.1) is 0 Å². The third-order valence-electron chi connectivity index (χ3n) is 5.22. The van der Waals surface area contributed by atoms with Crippen molar-refractivity contribution in [2.75, 3.05) is 19.7 Å². The van der Waals surface area contributed by atoms with E-state index in [1.165, 1.54) is 17.7 Å². The van der Waals surface area contributed by atoms with E-state index in [9.17, 15) is 9.18 Å². The summed E-state index contributed by atoms with van der Waals surface area (Å²) in [6.45, 7) is 1.58. The van der Waals surface area contributed by atoms with Crippen molar-refractivity contribution in [1.29, 1.82) is 0 Å². The van der Waals surface area contributed by atoms with E-state index in [4.69, 9.17) is 9.26 Å². The Bertz CT molecular complexity index is 978. The number of hydrogen-bond donors (Lipinski definition) is 1.